The summed E-state index contributed by atoms with van der Waals surface area (Å²) >= 11 is 3.93. The Labute approximate surface area is 111 Å². The van der Waals surface area contributed by atoms with Gasteiger partial charge in [0.15, 0.2) is 5.75 Å². The van der Waals surface area contributed by atoms with Gasteiger partial charge in [0, 0.05) is 0 Å². The summed E-state index contributed by atoms with van der Waals surface area (Å²) in [5.41, 5.74) is 0.639. The smallest absolute Gasteiger partial charge is 0.234 e. The molecule has 0 heterocycles. The Morgan fingerprint density at radius 2 is 1.72 bits per heavy atom. The Morgan fingerprint density at radius 1 is 1.06 bits per heavy atom. The van der Waals surface area contributed by atoms with Gasteiger partial charge < -0.3 is 10.1 Å². The minimum absolute atomic E-state index is 0.139. The van der Waals surface area contributed by atoms with Crippen LogP contribution in [-0.2, 0) is 4.79 Å². The lowest BCUT2D eigenvalue weighted by Crippen LogP contribution is -2.13. The normalized spacial score (nSPS) is 9.83. The molecule has 1 N–H and O–H groups in total. The quantitative estimate of drug-likeness (QED) is 0.826. The monoisotopic (exact) mass is 259 g/mol. The van der Waals surface area contributed by atoms with E-state index in [1.54, 1.807) is 12.1 Å². The highest BCUT2D eigenvalue weighted by Crippen LogP contribution is 2.28. The predicted octanol–water partition coefficient (Wildman–Crippen LogP) is 3.35. The molecule has 2 rings (SSSR count). The molecule has 0 unspecified atom stereocenters. The fraction of sp³-hybridized carbons (Fsp3) is 0.0714. The van der Waals surface area contributed by atoms with Crippen LogP contribution in [0.3, 0.4) is 0 Å². The third-order valence-electron chi connectivity index (χ3n) is 2.28. The Balaban J connectivity index is 2.20. The van der Waals surface area contributed by atoms with Crippen LogP contribution >= 0.6 is 12.6 Å². The lowest BCUT2D eigenvalue weighted by atomic mass is 10.3. The third-order valence-corrected chi connectivity index (χ3v) is 2.56. The van der Waals surface area contributed by atoms with Crippen LogP contribution in [0, 0.1) is 0 Å². The first-order chi connectivity index (χ1) is 8.79. The number of para-hydroxylation sites is 3. The van der Waals surface area contributed by atoms with Gasteiger partial charge in [-0.1, -0.05) is 30.3 Å². The van der Waals surface area contributed by atoms with Crippen LogP contribution in [0.15, 0.2) is 54.6 Å². The average molecular weight is 259 g/mol. The van der Waals surface area contributed by atoms with Gasteiger partial charge in [-0.25, -0.2) is 0 Å². The number of carbonyl (C=O) groups excluding carboxylic acids is 1. The van der Waals surface area contributed by atoms with E-state index in [-0.39, 0.29) is 11.7 Å². The molecule has 0 fully saturated rings. The first-order valence-electron chi connectivity index (χ1n) is 5.52. The minimum Gasteiger partial charge on any atom is -0.455 e. The zero-order valence-corrected chi connectivity index (χ0v) is 10.6. The van der Waals surface area contributed by atoms with Gasteiger partial charge in [-0.15, -0.1) is 0 Å². The van der Waals surface area contributed by atoms with Crippen LogP contribution in [-0.4, -0.2) is 11.7 Å². The molecule has 0 spiro atoms. The number of thiol groups is 1. The van der Waals surface area contributed by atoms with Gasteiger partial charge in [0.05, 0.1) is 11.4 Å². The number of carbonyl (C=O) groups is 1. The van der Waals surface area contributed by atoms with Gasteiger partial charge in [0.1, 0.15) is 5.75 Å². The van der Waals surface area contributed by atoms with Crippen LogP contribution in [0.4, 0.5) is 5.69 Å². The molecule has 4 heteroatoms. The zero-order valence-electron chi connectivity index (χ0n) is 9.67. The van der Waals surface area contributed by atoms with Gasteiger partial charge >= 0.3 is 0 Å². The number of ether oxygens (including phenoxy) is 1. The molecule has 2 aromatic rings. The summed E-state index contributed by atoms with van der Waals surface area (Å²) in [7, 11) is 0. The number of amides is 1. The molecule has 0 atom stereocenters. The average Bonchev–Trinajstić information content (AvgIpc) is 2.42. The van der Waals surface area contributed by atoms with E-state index in [0.717, 1.165) is 5.75 Å². The van der Waals surface area contributed by atoms with Crippen molar-refractivity contribution in [3.8, 4) is 11.5 Å². The number of hydrogen-bond donors (Lipinski definition) is 2. The number of hydrogen-bond acceptors (Lipinski definition) is 3. The summed E-state index contributed by atoms with van der Waals surface area (Å²) < 4.78 is 5.72. The molecule has 2 aromatic carbocycles. The van der Waals surface area contributed by atoms with Crippen molar-refractivity contribution in [2.24, 2.45) is 0 Å². The van der Waals surface area contributed by atoms with Gasteiger partial charge in [-0.3, -0.25) is 4.79 Å². The van der Waals surface area contributed by atoms with Gasteiger partial charge in [0.2, 0.25) is 5.91 Å². The zero-order chi connectivity index (χ0) is 12.8. The first-order valence-corrected chi connectivity index (χ1v) is 6.15. The molecule has 0 saturated heterocycles. The van der Waals surface area contributed by atoms with E-state index >= 15 is 0 Å². The van der Waals surface area contributed by atoms with Crippen LogP contribution in [0.5, 0.6) is 11.5 Å². The summed E-state index contributed by atoms with van der Waals surface area (Å²) in [6, 6.07) is 16.7. The second-order valence-corrected chi connectivity index (χ2v) is 3.93. The largest absolute Gasteiger partial charge is 0.455 e. The second-order valence-electron chi connectivity index (χ2n) is 3.62. The van der Waals surface area contributed by atoms with E-state index in [1.165, 1.54) is 0 Å². The van der Waals surface area contributed by atoms with Crippen molar-refractivity contribution in [2.45, 2.75) is 0 Å². The molecule has 0 aliphatic heterocycles. The Hall–Kier alpha value is -1.94. The van der Waals surface area contributed by atoms with Crippen molar-refractivity contribution in [3.05, 3.63) is 54.6 Å². The maximum absolute atomic E-state index is 11.3. The summed E-state index contributed by atoms with van der Waals surface area (Å²) in [5.74, 6) is 1.31. The fourth-order valence-electron chi connectivity index (χ4n) is 1.46. The predicted molar refractivity (Wildman–Crippen MR) is 75.4 cm³/mol. The summed E-state index contributed by atoms with van der Waals surface area (Å²) in [6.45, 7) is 0. The highest BCUT2D eigenvalue weighted by Gasteiger charge is 2.06. The standard InChI is InChI=1S/C14H13NO2S/c16-14(10-18)15-12-8-4-5-9-13(12)17-11-6-2-1-3-7-11/h1-9,18H,10H2,(H,15,16). The third kappa shape index (κ3) is 3.28. The van der Waals surface area contributed by atoms with Crippen molar-refractivity contribution in [2.75, 3.05) is 11.1 Å². The topological polar surface area (TPSA) is 38.3 Å². The molecule has 0 radical (unpaired) electrons. The van der Waals surface area contributed by atoms with E-state index < -0.39 is 0 Å². The molecular formula is C14H13NO2S. The highest BCUT2D eigenvalue weighted by atomic mass is 32.1. The van der Waals surface area contributed by atoms with E-state index in [9.17, 15) is 4.79 Å². The maximum Gasteiger partial charge on any atom is 0.234 e. The molecule has 0 aromatic heterocycles. The number of benzene rings is 2. The number of nitrogens with one attached hydrogen (secondary N) is 1. The van der Waals surface area contributed by atoms with Gasteiger partial charge in [-0.2, -0.15) is 12.6 Å². The SMILES string of the molecule is O=C(CS)Nc1ccccc1Oc1ccccc1. The maximum atomic E-state index is 11.3. The number of rotatable bonds is 4. The molecule has 3 nitrogen and oxygen atoms in total. The Bertz CT molecular complexity index is 528. The lowest BCUT2D eigenvalue weighted by Gasteiger charge is -2.11. The fourth-order valence-corrected chi connectivity index (χ4v) is 1.54. The molecule has 0 saturated carbocycles. The van der Waals surface area contributed by atoms with E-state index in [1.807, 2.05) is 42.5 Å². The van der Waals surface area contributed by atoms with Crippen molar-refractivity contribution >= 4 is 24.2 Å². The molecule has 92 valence electrons. The van der Waals surface area contributed by atoms with Crippen LogP contribution in [0.1, 0.15) is 0 Å². The van der Waals surface area contributed by atoms with Gasteiger partial charge in [0.25, 0.3) is 0 Å². The van der Waals surface area contributed by atoms with Crippen LogP contribution in [0.2, 0.25) is 0 Å². The summed E-state index contributed by atoms with van der Waals surface area (Å²) in [5, 5.41) is 2.74. The van der Waals surface area contributed by atoms with Crippen molar-refractivity contribution in [3.63, 3.8) is 0 Å². The van der Waals surface area contributed by atoms with Gasteiger partial charge in [-0.05, 0) is 24.3 Å². The van der Waals surface area contributed by atoms with Crippen molar-refractivity contribution in [1.29, 1.82) is 0 Å². The van der Waals surface area contributed by atoms with E-state index in [0.29, 0.717) is 11.4 Å². The molecule has 0 aliphatic carbocycles. The Kier molecular flexibility index (Phi) is 4.25. The van der Waals surface area contributed by atoms with Crippen LogP contribution in [0.25, 0.3) is 0 Å². The molecular weight excluding hydrogens is 246 g/mol. The lowest BCUT2D eigenvalue weighted by molar-refractivity contribution is -0.113. The Morgan fingerprint density at radius 3 is 2.44 bits per heavy atom. The van der Waals surface area contributed by atoms with Crippen molar-refractivity contribution < 1.29 is 9.53 Å². The molecule has 0 bridgehead atoms. The van der Waals surface area contributed by atoms with E-state index in [2.05, 4.69) is 17.9 Å². The number of anilines is 1. The summed E-state index contributed by atoms with van der Waals surface area (Å²) in [6.07, 6.45) is 0. The minimum atomic E-state index is -0.164. The molecule has 1 amide bonds. The second kappa shape index (κ2) is 6.12. The molecule has 18 heavy (non-hydrogen) atoms. The van der Waals surface area contributed by atoms with Crippen LogP contribution < -0.4 is 10.1 Å². The highest BCUT2D eigenvalue weighted by molar-refractivity contribution is 7.81. The molecule has 0 aliphatic rings. The first kappa shape index (κ1) is 12.5. The van der Waals surface area contributed by atoms with E-state index in [4.69, 9.17) is 4.74 Å². The van der Waals surface area contributed by atoms with Crippen molar-refractivity contribution in [1.82, 2.24) is 0 Å². The summed E-state index contributed by atoms with van der Waals surface area (Å²) in [4.78, 5) is 11.3.